The van der Waals surface area contributed by atoms with Crippen molar-refractivity contribution in [2.45, 2.75) is 32.1 Å². The number of benzene rings is 1. The Kier molecular flexibility index (Phi) is 4.37. The van der Waals surface area contributed by atoms with Gasteiger partial charge in [0.1, 0.15) is 0 Å². The molecule has 1 aliphatic heterocycles. The number of nitrogens with one attached hydrogen (secondary N) is 1. The predicted molar refractivity (Wildman–Crippen MR) is 71.1 cm³/mol. The van der Waals surface area contributed by atoms with E-state index in [-0.39, 0.29) is 11.8 Å². The van der Waals surface area contributed by atoms with Crippen LogP contribution in [0.15, 0.2) is 18.2 Å². The van der Waals surface area contributed by atoms with E-state index in [0.717, 1.165) is 37.7 Å². The molecule has 0 unspecified atom stereocenters. The molecule has 2 rings (SSSR count). The number of hydrogen-bond donors (Lipinski definition) is 1. The maximum Gasteiger partial charge on any atom is 0.259 e. The standard InChI is InChI=1S/C14H16ClNO2/c15-9-4-2-1-3-6-10-7-5-8-11-12(10)14(18)16-13(11)17/h5,7-8H,1-4,6,9H2,(H,16,17,18). The topological polar surface area (TPSA) is 46.2 Å². The summed E-state index contributed by atoms with van der Waals surface area (Å²) in [7, 11) is 0. The lowest BCUT2D eigenvalue weighted by Crippen LogP contribution is -2.20. The molecular weight excluding hydrogens is 250 g/mol. The summed E-state index contributed by atoms with van der Waals surface area (Å²) in [6.07, 6.45) is 5.12. The third-order valence-corrected chi connectivity index (χ3v) is 3.45. The lowest BCUT2D eigenvalue weighted by Gasteiger charge is -2.05. The van der Waals surface area contributed by atoms with Gasteiger partial charge in [0.2, 0.25) is 0 Å². The van der Waals surface area contributed by atoms with Crippen molar-refractivity contribution in [3.63, 3.8) is 0 Å². The minimum atomic E-state index is -0.279. The van der Waals surface area contributed by atoms with Crippen LogP contribution < -0.4 is 5.32 Å². The molecule has 2 amide bonds. The van der Waals surface area contributed by atoms with E-state index in [1.807, 2.05) is 12.1 Å². The first kappa shape index (κ1) is 13.1. The molecule has 0 saturated heterocycles. The number of alkyl halides is 1. The molecule has 4 heteroatoms. The fraction of sp³-hybridized carbons (Fsp3) is 0.429. The van der Waals surface area contributed by atoms with Crippen LogP contribution in [0.5, 0.6) is 0 Å². The van der Waals surface area contributed by atoms with Crippen molar-refractivity contribution in [3.05, 3.63) is 34.9 Å². The van der Waals surface area contributed by atoms with Crippen molar-refractivity contribution >= 4 is 23.4 Å². The van der Waals surface area contributed by atoms with Crippen LogP contribution >= 0.6 is 11.6 Å². The summed E-state index contributed by atoms with van der Waals surface area (Å²) in [5.74, 6) is 0.169. The summed E-state index contributed by atoms with van der Waals surface area (Å²) in [6.45, 7) is 0. The van der Waals surface area contributed by atoms with E-state index in [0.29, 0.717) is 17.0 Å². The number of amides is 2. The van der Waals surface area contributed by atoms with Gasteiger partial charge in [0.15, 0.2) is 0 Å². The van der Waals surface area contributed by atoms with Crippen LogP contribution in [0.4, 0.5) is 0 Å². The molecule has 1 aliphatic rings. The maximum absolute atomic E-state index is 11.7. The van der Waals surface area contributed by atoms with Crippen molar-refractivity contribution < 1.29 is 9.59 Å². The molecule has 1 N–H and O–H groups in total. The summed E-state index contributed by atoms with van der Waals surface area (Å²) in [5.41, 5.74) is 2.06. The van der Waals surface area contributed by atoms with Crippen molar-refractivity contribution in [2.24, 2.45) is 0 Å². The van der Waals surface area contributed by atoms with E-state index in [2.05, 4.69) is 5.32 Å². The number of unbranched alkanes of at least 4 members (excludes halogenated alkanes) is 3. The molecule has 0 aliphatic carbocycles. The van der Waals surface area contributed by atoms with Crippen LogP contribution in [-0.2, 0) is 6.42 Å². The number of halogens is 1. The van der Waals surface area contributed by atoms with E-state index in [4.69, 9.17) is 11.6 Å². The van der Waals surface area contributed by atoms with Gasteiger partial charge >= 0.3 is 0 Å². The summed E-state index contributed by atoms with van der Waals surface area (Å²) in [4.78, 5) is 23.2. The Bertz CT molecular complexity index is 471. The lowest BCUT2D eigenvalue weighted by molar-refractivity contribution is 0.0879. The minimum Gasteiger partial charge on any atom is -0.288 e. The number of fused-ring (bicyclic) bond motifs is 1. The van der Waals surface area contributed by atoms with Gasteiger partial charge in [0.25, 0.3) is 11.8 Å². The number of imide groups is 1. The Hall–Kier alpha value is -1.35. The van der Waals surface area contributed by atoms with Crippen LogP contribution in [0, 0.1) is 0 Å². The fourth-order valence-electron chi connectivity index (χ4n) is 2.26. The van der Waals surface area contributed by atoms with Gasteiger partial charge in [-0.1, -0.05) is 25.0 Å². The molecule has 3 nitrogen and oxygen atoms in total. The normalized spacial score (nSPS) is 13.6. The molecule has 0 atom stereocenters. The van der Waals surface area contributed by atoms with Gasteiger partial charge < -0.3 is 0 Å². The zero-order valence-electron chi connectivity index (χ0n) is 10.2. The largest absolute Gasteiger partial charge is 0.288 e. The summed E-state index contributed by atoms with van der Waals surface area (Å²) in [5, 5.41) is 2.34. The Labute approximate surface area is 112 Å². The second-order valence-corrected chi connectivity index (χ2v) is 4.85. The van der Waals surface area contributed by atoms with Crippen molar-refractivity contribution in [3.8, 4) is 0 Å². The summed E-state index contributed by atoms with van der Waals surface area (Å²) >= 11 is 5.62. The van der Waals surface area contributed by atoms with Gasteiger partial charge in [-0.2, -0.15) is 0 Å². The van der Waals surface area contributed by atoms with Crippen LogP contribution in [0.1, 0.15) is 52.0 Å². The lowest BCUT2D eigenvalue weighted by atomic mass is 9.98. The third-order valence-electron chi connectivity index (χ3n) is 3.18. The molecule has 0 radical (unpaired) electrons. The average molecular weight is 266 g/mol. The first-order valence-corrected chi connectivity index (χ1v) is 6.81. The molecule has 96 valence electrons. The average Bonchev–Trinajstić information content (AvgIpc) is 2.66. The monoisotopic (exact) mass is 265 g/mol. The van der Waals surface area contributed by atoms with Crippen molar-refractivity contribution in [1.29, 1.82) is 0 Å². The molecule has 1 heterocycles. The second kappa shape index (κ2) is 6.01. The highest BCUT2D eigenvalue weighted by atomic mass is 35.5. The van der Waals surface area contributed by atoms with E-state index in [1.54, 1.807) is 6.07 Å². The molecule has 0 saturated carbocycles. The zero-order valence-corrected chi connectivity index (χ0v) is 10.9. The molecule has 0 aromatic heterocycles. The van der Waals surface area contributed by atoms with Crippen LogP contribution in [0.2, 0.25) is 0 Å². The maximum atomic E-state index is 11.7. The van der Waals surface area contributed by atoms with Crippen molar-refractivity contribution in [1.82, 2.24) is 5.32 Å². The Morgan fingerprint density at radius 1 is 1.00 bits per heavy atom. The van der Waals surface area contributed by atoms with Gasteiger partial charge in [-0.25, -0.2) is 0 Å². The molecule has 1 aromatic carbocycles. The first-order valence-electron chi connectivity index (χ1n) is 6.27. The highest BCUT2D eigenvalue weighted by Crippen LogP contribution is 2.21. The molecule has 18 heavy (non-hydrogen) atoms. The van der Waals surface area contributed by atoms with E-state index in [1.165, 1.54) is 0 Å². The minimum absolute atomic E-state index is 0.258. The van der Waals surface area contributed by atoms with Crippen LogP contribution in [0.25, 0.3) is 0 Å². The molecule has 0 bridgehead atoms. The molecular formula is C14H16ClNO2. The predicted octanol–water partition coefficient (Wildman–Crippen LogP) is 2.91. The quantitative estimate of drug-likeness (QED) is 0.488. The van der Waals surface area contributed by atoms with Crippen molar-refractivity contribution in [2.75, 3.05) is 5.88 Å². The second-order valence-electron chi connectivity index (χ2n) is 4.48. The van der Waals surface area contributed by atoms with Crippen LogP contribution in [-0.4, -0.2) is 17.7 Å². The smallest absolute Gasteiger partial charge is 0.259 e. The Balaban J connectivity index is 2.02. The highest BCUT2D eigenvalue weighted by molar-refractivity contribution is 6.22. The highest BCUT2D eigenvalue weighted by Gasteiger charge is 2.28. The van der Waals surface area contributed by atoms with Crippen LogP contribution in [0.3, 0.4) is 0 Å². The van der Waals surface area contributed by atoms with E-state index >= 15 is 0 Å². The Morgan fingerprint density at radius 3 is 2.56 bits per heavy atom. The number of hydrogen-bond acceptors (Lipinski definition) is 2. The molecule has 1 aromatic rings. The van der Waals surface area contributed by atoms with E-state index in [9.17, 15) is 9.59 Å². The van der Waals surface area contributed by atoms with Gasteiger partial charge in [-0.3, -0.25) is 14.9 Å². The van der Waals surface area contributed by atoms with Gasteiger partial charge in [0.05, 0.1) is 11.1 Å². The molecule has 0 fully saturated rings. The third kappa shape index (κ3) is 2.72. The van der Waals surface area contributed by atoms with Gasteiger partial charge in [-0.15, -0.1) is 11.6 Å². The summed E-state index contributed by atoms with van der Waals surface area (Å²) in [6, 6.07) is 5.47. The number of carbonyl (C=O) groups is 2. The number of rotatable bonds is 6. The van der Waals surface area contributed by atoms with Gasteiger partial charge in [-0.05, 0) is 30.9 Å². The summed E-state index contributed by atoms with van der Waals surface area (Å²) < 4.78 is 0. The Morgan fingerprint density at radius 2 is 1.78 bits per heavy atom. The van der Waals surface area contributed by atoms with Gasteiger partial charge in [0, 0.05) is 5.88 Å². The van der Waals surface area contributed by atoms with E-state index < -0.39 is 0 Å². The first-order chi connectivity index (χ1) is 8.74. The fourth-order valence-corrected chi connectivity index (χ4v) is 2.45. The number of carbonyl (C=O) groups excluding carboxylic acids is 2. The zero-order chi connectivity index (χ0) is 13.0. The SMILES string of the molecule is O=C1NC(=O)c2c(CCCCCCCl)cccc21. The number of aryl methyl sites for hydroxylation is 1. The molecule has 0 spiro atoms.